The van der Waals surface area contributed by atoms with Crippen LogP contribution in [0.1, 0.15) is 61.3 Å². The first-order valence-corrected chi connectivity index (χ1v) is 8.30. The molecule has 6 nitrogen and oxygen atoms in total. The van der Waals surface area contributed by atoms with Crippen molar-refractivity contribution in [3.63, 3.8) is 0 Å². The average molecular weight is 342 g/mol. The van der Waals surface area contributed by atoms with E-state index in [9.17, 15) is 14.4 Å². The van der Waals surface area contributed by atoms with E-state index in [1.165, 1.54) is 0 Å². The van der Waals surface area contributed by atoms with Gasteiger partial charge in [-0.25, -0.2) is 9.59 Å². The van der Waals surface area contributed by atoms with E-state index in [2.05, 4.69) is 20.8 Å². The van der Waals surface area contributed by atoms with Gasteiger partial charge in [0.05, 0.1) is 12.0 Å². The molecule has 2 unspecified atom stereocenters. The van der Waals surface area contributed by atoms with Gasteiger partial charge in [-0.05, 0) is 24.2 Å². The quantitative estimate of drug-likeness (QED) is 0.565. The van der Waals surface area contributed by atoms with Crippen LogP contribution < -0.4 is 0 Å². The van der Waals surface area contributed by atoms with Crippen molar-refractivity contribution in [2.24, 2.45) is 16.2 Å². The molecule has 0 saturated carbocycles. The maximum absolute atomic E-state index is 12.7. The van der Waals surface area contributed by atoms with Crippen LogP contribution >= 0.6 is 0 Å². The number of ether oxygens (including phenoxy) is 3. The Hall–Kier alpha value is -1.59. The van der Waals surface area contributed by atoms with E-state index in [1.807, 2.05) is 27.7 Å². The van der Waals surface area contributed by atoms with Crippen LogP contribution in [0, 0.1) is 16.2 Å². The highest BCUT2D eigenvalue weighted by molar-refractivity contribution is 5.83. The van der Waals surface area contributed by atoms with Crippen LogP contribution in [-0.2, 0) is 28.6 Å². The van der Waals surface area contributed by atoms with Gasteiger partial charge in [0.1, 0.15) is 0 Å². The minimum Gasteiger partial charge on any atom is -0.463 e. The first-order valence-electron chi connectivity index (χ1n) is 8.30. The predicted octanol–water partition coefficient (Wildman–Crippen LogP) is 2.88. The summed E-state index contributed by atoms with van der Waals surface area (Å²) >= 11 is 0. The topological polar surface area (TPSA) is 78.9 Å². The second kappa shape index (κ2) is 7.11. The first-order chi connectivity index (χ1) is 10.8. The molecule has 0 aromatic carbocycles. The van der Waals surface area contributed by atoms with Gasteiger partial charge in [0, 0.05) is 6.42 Å². The lowest BCUT2D eigenvalue weighted by molar-refractivity contribution is -0.175. The van der Waals surface area contributed by atoms with E-state index in [0.29, 0.717) is 12.8 Å². The molecule has 1 aliphatic heterocycles. The van der Waals surface area contributed by atoms with Gasteiger partial charge in [0.25, 0.3) is 0 Å². The Kier molecular flexibility index (Phi) is 6.06. The van der Waals surface area contributed by atoms with E-state index < -0.39 is 36.0 Å². The second-order valence-corrected chi connectivity index (χ2v) is 8.83. The highest BCUT2D eigenvalue weighted by Gasteiger charge is 2.48. The van der Waals surface area contributed by atoms with Crippen LogP contribution in [0.15, 0.2) is 0 Å². The fourth-order valence-corrected chi connectivity index (χ4v) is 2.77. The van der Waals surface area contributed by atoms with Crippen molar-refractivity contribution < 1.29 is 28.6 Å². The molecule has 0 spiro atoms. The summed E-state index contributed by atoms with van der Waals surface area (Å²) in [6.45, 7) is 13.7. The molecule has 0 bridgehead atoms. The second-order valence-electron chi connectivity index (χ2n) is 8.83. The zero-order valence-electron chi connectivity index (χ0n) is 15.9. The van der Waals surface area contributed by atoms with E-state index in [0.717, 1.165) is 0 Å². The number of carbonyl (C=O) groups excluding carboxylic acids is 3. The van der Waals surface area contributed by atoms with E-state index in [-0.39, 0.29) is 17.4 Å². The van der Waals surface area contributed by atoms with Gasteiger partial charge >= 0.3 is 17.9 Å². The fourth-order valence-electron chi connectivity index (χ4n) is 2.77. The van der Waals surface area contributed by atoms with Crippen LogP contribution in [0.3, 0.4) is 0 Å². The molecule has 1 saturated heterocycles. The summed E-state index contributed by atoms with van der Waals surface area (Å²) in [4.78, 5) is 35.8. The Balaban J connectivity index is 2.68. The van der Waals surface area contributed by atoms with Gasteiger partial charge in [-0.1, -0.05) is 41.5 Å². The molecule has 1 rings (SSSR count). The molecule has 2 atom stereocenters. The van der Waals surface area contributed by atoms with E-state index in [1.54, 1.807) is 0 Å². The number of esters is 3. The van der Waals surface area contributed by atoms with Crippen molar-refractivity contribution in [3.8, 4) is 0 Å². The fraction of sp³-hybridized carbons (Fsp3) is 0.833. The number of cyclic esters (lactones) is 1. The molecular weight excluding hydrogens is 312 g/mol. The molecule has 138 valence electrons. The molecule has 0 radical (unpaired) electrons. The molecule has 0 aromatic rings. The number of carbonyl (C=O) groups is 3. The van der Waals surface area contributed by atoms with Gasteiger partial charge in [0.2, 0.25) is 6.10 Å². The molecule has 0 amide bonds. The average Bonchev–Trinajstić information content (AvgIpc) is 2.78. The summed E-state index contributed by atoms with van der Waals surface area (Å²) < 4.78 is 14.9. The monoisotopic (exact) mass is 342 g/mol. The van der Waals surface area contributed by atoms with Crippen molar-refractivity contribution in [3.05, 3.63) is 0 Å². The number of hydrogen-bond acceptors (Lipinski definition) is 6. The Labute approximate surface area is 144 Å². The summed E-state index contributed by atoms with van der Waals surface area (Å²) in [5, 5.41) is 0. The zero-order valence-corrected chi connectivity index (χ0v) is 15.9. The Morgan fingerprint density at radius 3 is 2.12 bits per heavy atom. The smallest absolute Gasteiger partial charge is 0.347 e. The van der Waals surface area contributed by atoms with Gasteiger partial charge in [0.15, 0.2) is 6.61 Å². The first kappa shape index (κ1) is 20.5. The van der Waals surface area contributed by atoms with Gasteiger partial charge in [-0.2, -0.15) is 0 Å². The molecule has 0 N–H and O–H groups in total. The lowest BCUT2D eigenvalue weighted by Crippen LogP contribution is -2.45. The Bertz CT molecular complexity index is 497. The van der Waals surface area contributed by atoms with Crippen molar-refractivity contribution in [2.45, 2.75) is 67.4 Å². The lowest BCUT2D eigenvalue weighted by Gasteiger charge is -2.43. The third-order valence-electron chi connectivity index (χ3n) is 4.47. The molecule has 24 heavy (non-hydrogen) atoms. The molecule has 1 fully saturated rings. The standard InChI is InChI=1S/C18H30O6/c1-16(2,3)11-18(7,17(4,5)6)15(21)23-10-13(19)24-12-8-9-22-14(12)20/h12H,8-11H2,1-7H3. The molecular formula is C18H30O6. The maximum atomic E-state index is 12.7. The summed E-state index contributed by atoms with van der Waals surface area (Å²) in [6, 6.07) is 0. The van der Waals surface area contributed by atoms with Crippen molar-refractivity contribution in [2.75, 3.05) is 13.2 Å². The predicted molar refractivity (Wildman–Crippen MR) is 88.0 cm³/mol. The van der Waals surface area contributed by atoms with Crippen LogP contribution in [0.25, 0.3) is 0 Å². The van der Waals surface area contributed by atoms with Crippen molar-refractivity contribution in [1.29, 1.82) is 0 Å². The molecule has 6 heteroatoms. The number of rotatable bonds is 5. The number of hydrogen-bond donors (Lipinski definition) is 0. The minimum absolute atomic E-state index is 0.0742. The Morgan fingerprint density at radius 1 is 1.12 bits per heavy atom. The van der Waals surface area contributed by atoms with Crippen molar-refractivity contribution in [1.82, 2.24) is 0 Å². The van der Waals surface area contributed by atoms with Crippen LogP contribution in [0.4, 0.5) is 0 Å². The summed E-state index contributed by atoms with van der Waals surface area (Å²) in [5.74, 6) is -1.72. The zero-order chi connectivity index (χ0) is 18.8. The van der Waals surface area contributed by atoms with Crippen LogP contribution in [0.5, 0.6) is 0 Å². The third-order valence-corrected chi connectivity index (χ3v) is 4.47. The molecule has 0 aromatic heterocycles. The van der Waals surface area contributed by atoms with Gasteiger partial charge in [-0.3, -0.25) is 4.79 Å². The molecule has 1 aliphatic rings. The Morgan fingerprint density at radius 2 is 1.71 bits per heavy atom. The lowest BCUT2D eigenvalue weighted by atomic mass is 9.61. The summed E-state index contributed by atoms with van der Waals surface area (Å²) in [6.07, 6.45) is 0.0639. The third kappa shape index (κ3) is 5.21. The summed E-state index contributed by atoms with van der Waals surface area (Å²) in [7, 11) is 0. The molecule has 1 heterocycles. The molecule has 0 aliphatic carbocycles. The maximum Gasteiger partial charge on any atom is 0.347 e. The summed E-state index contributed by atoms with van der Waals surface area (Å²) in [5.41, 5.74) is -1.16. The minimum atomic E-state index is -0.889. The van der Waals surface area contributed by atoms with Crippen LogP contribution in [-0.4, -0.2) is 37.2 Å². The van der Waals surface area contributed by atoms with E-state index in [4.69, 9.17) is 14.2 Å². The highest BCUT2D eigenvalue weighted by atomic mass is 16.6. The van der Waals surface area contributed by atoms with Crippen molar-refractivity contribution >= 4 is 17.9 Å². The van der Waals surface area contributed by atoms with Crippen LogP contribution in [0.2, 0.25) is 0 Å². The van der Waals surface area contributed by atoms with Gasteiger partial charge in [-0.15, -0.1) is 0 Å². The van der Waals surface area contributed by atoms with Gasteiger partial charge < -0.3 is 14.2 Å². The largest absolute Gasteiger partial charge is 0.463 e. The highest BCUT2D eigenvalue weighted by Crippen LogP contribution is 2.47. The SMILES string of the molecule is CC(C)(C)CC(C)(C(=O)OCC(=O)OC1CCOC1=O)C(C)(C)C. The normalized spacial score (nSPS) is 21.0. The van der Waals surface area contributed by atoms with E-state index >= 15 is 0 Å².